The van der Waals surface area contributed by atoms with E-state index in [0.717, 1.165) is 29.5 Å². The number of benzene rings is 3. The minimum atomic E-state index is -4.46. The van der Waals surface area contributed by atoms with Crippen molar-refractivity contribution in [2.75, 3.05) is 6.61 Å². The third-order valence-corrected chi connectivity index (χ3v) is 6.89. The molecule has 0 saturated carbocycles. The summed E-state index contributed by atoms with van der Waals surface area (Å²) in [7, 11) is 0. The van der Waals surface area contributed by atoms with Gasteiger partial charge in [-0.25, -0.2) is 5.01 Å². The predicted octanol–water partition coefficient (Wildman–Crippen LogP) is 5.79. The van der Waals surface area contributed by atoms with Crippen LogP contribution in [0, 0.1) is 0 Å². The summed E-state index contributed by atoms with van der Waals surface area (Å²) in [6, 6.07) is 20.0. The number of thioether (sulfide) groups is 1. The number of imide groups is 1. The number of carbonyl (C=O) groups excluding carboxylic acids is 3. The fraction of sp³-hybridized carbons (Fsp3) is 0.143. The summed E-state index contributed by atoms with van der Waals surface area (Å²) < 4.78 is 44.9. The Morgan fingerprint density at radius 3 is 2.33 bits per heavy atom. The second-order valence-electron chi connectivity index (χ2n) is 8.70. The van der Waals surface area contributed by atoms with E-state index in [0.29, 0.717) is 29.0 Å². The van der Waals surface area contributed by atoms with Crippen LogP contribution in [0.3, 0.4) is 0 Å². The van der Waals surface area contributed by atoms with E-state index in [1.165, 1.54) is 17.1 Å². The molecule has 7 nitrogen and oxygen atoms in total. The summed E-state index contributed by atoms with van der Waals surface area (Å²) in [6.07, 6.45) is -2.56. The Morgan fingerprint density at radius 1 is 1.03 bits per heavy atom. The molecule has 0 spiro atoms. The Hall–Kier alpha value is -4.38. The highest BCUT2D eigenvalue weighted by molar-refractivity contribution is 8.18. The largest absolute Gasteiger partial charge is 0.484 e. The summed E-state index contributed by atoms with van der Waals surface area (Å²) in [5.41, 5.74) is 1.87. The van der Waals surface area contributed by atoms with E-state index in [-0.39, 0.29) is 11.5 Å². The van der Waals surface area contributed by atoms with Crippen molar-refractivity contribution in [2.24, 2.45) is 5.10 Å². The molecule has 0 aliphatic carbocycles. The summed E-state index contributed by atoms with van der Waals surface area (Å²) >= 11 is 0.812. The zero-order valence-corrected chi connectivity index (χ0v) is 21.0. The molecule has 2 heterocycles. The molecule has 0 bridgehead atoms. The molecule has 3 aromatic carbocycles. The van der Waals surface area contributed by atoms with Gasteiger partial charge in [-0.1, -0.05) is 54.6 Å². The molecule has 2 aliphatic rings. The van der Waals surface area contributed by atoms with Crippen molar-refractivity contribution < 1.29 is 32.3 Å². The maximum Gasteiger partial charge on any atom is 0.416 e. The first-order valence-electron chi connectivity index (χ1n) is 11.8. The Balaban J connectivity index is 1.31. The summed E-state index contributed by atoms with van der Waals surface area (Å²) in [6.45, 7) is -0.351. The fourth-order valence-electron chi connectivity index (χ4n) is 4.14. The Bertz CT molecular complexity index is 1470. The number of hydrogen-bond acceptors (Lipinski definition) is 6. The SMILES string of the molecule is O=C1NC(=O)/C(=C\c2ccc(OCC(=O)N3N=C(c4ccccc4)CC3c3ccc(C(F)(F)F)cc3)cc2)S1. The number of nitrogens with one attached hydrogen (secondary N) is 1. The number of ether oxygens (including phenoxy) is 1. The first kappa shape index (κ1) is 26.2. The third kappa shape index (κ3) is 6.04. The molecule has 0 aromatic heterocycles. The molecule has 5 rings (SSSR count). The second kappa shape index (κ2) is 10.8. The van der Waals surface area contributed by atoms with Crippen molar-refractivity contribution in [1.82, 2.24) is 10.3 Å². The molecule has 1 saturated heterocycles. The van der Waals surface area contributed by atoms with Crippen molar-refractivity contribution in [3.63, 3.8) is 0 Å². The summed E-state index contributed by atoms with van der Waals surface area (Å²) in [5, 5.41) is 7.52. The van der Waals surface area contributed by atoms with Crippen molar-refractivity contribution >= 4 is 40.6 Å². The van der Waals surface area contributed by atoms with Crippen molar-refractivity contribution in [3.05, 3.63) is 106 Å². The first-order valence-corrected chi connectivity index (χ1v) is 12.6. The number of hydrogen-bond donors (Lipinski definition) is 1. The van der Waals surface area contributed by atoms with E-state index in [1.54, 1.807) is 30.3 Å². The van der Waals surface area contributed by atoms with Gasteiger partial charge in [0, 0.05) is 6.42 Å². The van der Waals surface area contributed by atoms with Gasteiger partial charge >= 0.3 is 6.18 Å². The van der Waals surface area contributed by atoms with E-state index < -0.39 is 34.8 Å². The number of rotatable bonds is 6. The van der Waals surface area contributed by atoms with Gasteiger partial charge in [-0.15, -0.1) is 0 Å². The highest BCUT2D eigenvalue weighted by Gasteiger charge is 2.35. The molecule has 1 atom stereocenters. The lowest BCUT2D eigenvalue weighted by atomic mass is 9.97. The predicted molar refractivity (Wildman–Crippen MR) is 140 cm³/mol. The Kier molecular flexibility index (Phi) is 7.25. The van der Waals surface area contributed by atoms with E-state index in [2.05, 4.69) is 10.4 Å². The van der Waals surface area contributed by atoms with Gasteiger partial charge in [0.05, 0.1) is 22.2 Å². The molecule has 3 aromatic rings. The maximum atomic E-state index is 13.2. The minimum Gasteiger partial charge on any atom is -0.484 e. The number of amides is 3. The van der Waals surface area contributed by atoms with Gasteiger partial charge in [0.25, 0.3) is 17.1 Å². The Labute approximate surface area is 225 Å². The van der Waals surface area contributed by atoms with E-state index in [9.17, 15) is 27.6 Å². The van der Waals surface area contributed by atoms with Crippen LogP contribution in [-0.2, 0) is 15.8 Å². The lowest BCUT2D eigenvalue weighted by Gasteiger charge is -2.22. The molecular weight excluding hydrogens is 531 g/mol. The topological polar surface area (TPSA) is 88.1 Å². The standard InChI is InChI=1S/C28H20F3N3O4S/c29-28(30,31)20-10-8-19(9-11-20)23-15-22(18-4-2-1-3-5-18)33-34(23)25(35)16-38-21-12-6-17(7-13-21)14-24-26(36)32-27(37)39-24/h1-14,23H,15-16H2,(H,32,36,37)/b24-14+. The van der Waals surface area contributed by atoms with Crippen molar-refractivity contribution in [3.8, 4) is 5.75 Å². The second-order valence-corrected chi connectivity index (χ2v) is 9.72. The van der Waals surface area contributed by atoms with Crippen LogP contribution < -0.4 is 10.1 Å². The van der Waals surface area contributed by atoms with Gasteiger partial charge in [0.15, 0.2) is 6.61 Å². The zero-order valence-electron chi connectivity index (χ0n) is 20.1. The van der Waals surface area contributed by atoms with Crippen LogP contribution in [0.25, 0.3) is 6.08 Å². The molecule has 198 valence electrons. The normalized spacial score (nSPS) is 18.3. The van der Waals surface area contributed by atoms with Gasteiger partial charge in [0.1, 0.15) is 5.75 Å². The van der Waals surface area contributed by atoms with Crippen LogP contribution in [0.1, 0.15) is 34.7 Å². The van der Waals surface area contributed by atoms with Gasteiger partial charge in [0.2, 0.25) is 0 Å². The van der Waals surface area contributed by atoms with Gasteiger partial charge in [-0.2, -0.15) is 18.3 Å². The molecule has 2 aliphatic heterocycles. The molecular formula is C28H20F3N3O4S. The van der Waals surface area contributed by atoms with Crippen LogP contribution in [0.15, 0.2) is 88.9 Å². The van der Waals surface area contributed by atoms with E-state index in [4.69, 9.17) is 4.74 Å². The van der Waals surface area contributed by atoms with Gasteiger partial charge < -0.3 is 4.74 Å². The summed E-state index contributed by atoms with van der Waals surface area (Å²) in [4.78, 5) is 36.5. The van der Waals surface area contributed by atoms with Crippen molar-refractivity contribution in [1.29, 1.82) is 0 Å². The zero-order chi connectivity index (χ0) is 27.6. The Morgan fingerprint density at radius 2 is 1.72 bits per heavy atom. The number of nitrogens with zero attached hydrogens (tertiary/aromatic N) is 2. The number of halogens is 3. The molecule has 3 amide bonds. The highest BCUT2D eigenvalue weighted by atomic mass is 32.2. The summed E-state index contributed by atoms with van der Waals surface area (Å²) in [5.74, 6) is -0.531. The molecule has 39 heavy (non-hydrogen) atoms. The van der Waals surface area contributed by atoms with Crippen LogP contribution in [0.5, 0.6) is 5.75 Å². The van der Waals surface area contributed by atoms with Crippen LogP contribution in [0.4, 0.5) is 18.0 Å². The van der Waals surface area contributed by atoms with Crippen molar-refractivity contribution in [2.45, 2.75) is 18.6 Å². The molecule has 1 N–H and O–H groups in total. The molecule has 1 unspecified atom stereocenters. The lowest BCUT2D eigenvalue weighted by Crippen LogP contribution is -2.31. The molecule has 1 fully saturated rings. The van der Waals surface area contributed by atoms with Gasteiger partial charge in [-0.3, -0.25) is 19.7 Å². The average molecular weight is 552 g/mol. The number of alkyl halides is 3. The maximum absolute atomic E-state index is 13.2. The lowest BCUT2D eigenvalue weighted by molar-refractivity contribution is -0.138. The molecule has 11 heteroatoms. The number of hydrazone groups is 1. The first-order chi connectivity index (χ1) is 18.7. The smallest absolute Gasteiger partial charge is 0.416 e. The quantitative estimate of drug-likeness (QED) is 0.392. The third-order valence-electron chi connectivity index (χ3n) is 6.08. The monoisotopic (exact) mass is 551 g/mol. The average Bonchev–Trinajstić information content (AvgIpc) is 3.51. The van der Waals surface area contributed by atoms with Gasteiger partial charge in [-0.05, 0) is 58.8 Å². The minimum absolute atomic E-state index is 0.277. The van der Waals surface area contributed by atoms with E-state index in [1.807, 2.05) is 30.3 Å². The van der Waals surface area contributed by atoms with Crippen LogP contribution in [-0.4, -0.2) is 34.4 Å². The number of carbonyl (C=O) groups is 3. The fourth-order valence-corrected chi connectivity index (χ4v) is 4.83. The van der Waals surface area contributed by atoms with Crippen LogP contribution >= 0.6 is 11.8 Å². The van der Waals surface area contributed by atoms with Crippen LogP contribution in [0.2, 0.25) is 0 Å². The molecule has 0 radical (unpaired) electrons. The highest BCUT2D eigenvalue weighted by Crippen LogP contribution is 2.35. The van der Waals surface area contributed by atoms with E-state index >= 15 is 0 Å².